The van der Waals surface area contributed by atoms with E-state index in [4.69, 9.17) is 4.74 Å². The van der Waals surface area contributed by atoms with E-state index in [-0.39, 0.29) is 43.7 Å². The first-order valence-corrected chi connectivity index (χ1v) is 4.40. The summed E-state index contributed by atoms with van der Waals surface area (Å²) in [5, 5.41) is 0. The molecule has 0 aromatic heterocycles. The first-order chi connectivity index (χ1) is 5.27. The molecule has 0 saturated carbocycles. The Labute approximate surface area is 105 Å². The maximum atomic E-state index is 10.3. The maximum absolute atomic E-state index is 10.3. The fourth-order valence-electron chi connectivity index (χ4n) is 0.922. The second kappa shape index (κ2) is 11.7. The van der Waals surface area contributed by atoms with Crippen LogP contribution in [0.25, 0.3) is 0 Å². The molecule has 0 N–H and O–H groups in total. The van der Waals surface area contributed by atoms with E-state index in [9.17, 15) is 4.79 Å². The van der Waals surface area contributed by atoms with Gasteiger partial charge in [0.15, 0.2) is 0 Å². The molecule has 70 valence electrons. The van der Waals surface area contributed by atoms with Crippen molar-refractivity contribution >= 4 is 43.7 Å². The Hall–Kier alpha value is 0.730. The molecule has 0 fully saturated rings. The summed E-state index contributed by atoms with van der Waals surface area (Å²) in [5.41, 5.74) is 0. The van der Waals surface area contributed by atoms with Gasteiger partial charge in [-0.1, -0.05) is 32.6 Å². The van der Waals surface area contributed by atoms with Crippen molar-refractivity contribution in [2.24, 2.45) is 0 Å². The first kappa shape index (κ1) is 15.2. The van der Waals surface area contributed by atoms with E-state index < -0.39 is 0 Å². The molecule has 0 aliphatic heterocycles. The average molecular weight is 200 g/mol. The van der Waals surface area contributed by atoms with E-state index in [0.717, 1.165) is 6.42 Å². The third kappa shape index (κ3) is 13.3. The number of carbonyl (C=O) groups is 1. The van der Waals surface area contributed by atoms with Crippen molar-refractivity contribution in [1.82, 2.24) is 0 Å². The number of esters is 1. The van der Waals surface area contributed by atoms with Crippen LogP contribution in [0.3, 0.4) is 0 Å². The topological polar surface area (TPSA) is 26.3 Å². The van der Waals surface area contributed by atoms with Crippen LogP contribution in [0.1, 0.15) is 46.0 Å². The Kier molecular flexibility index (Phi) is 14.9. The van der Waals surface area contributed by atoms with Gasteiger partial charge in [-0.25, -0.2) is 0 Å². The molecule has 0 amide bonds. The SMILES string of the molecule is CCCCCCCOC(C)=O.[CaH2]. The van der Waals surface area contributed by atoms with Crippen molar-refractivity contribution in [1.29, 1.82) is 0 Å². The van der Waals surface area contributed by atoms with Crippen LogP contribution in [-0.2, 0) is 9.53 Å². The molecule has 0 atom stereocenters. The standard InChI is InChI=1S/C9H18O2.Ca.2H/c1-3-4-5-6-7-8-11-9(2)10;;;/h3-8H2,1-2H3;;;. The van der Waals surface area contributed by atoms with E-state index >= 15 is 0 Å². The minimum absolute atomic E-state index is 0. The molecule has 2 nitrogen and oxygen atoms in total. The van der Waals surface area contributed by atoms with Crippen LogP contribution >= 0.6 is 0 Å². The predicted molar refractivity (Wildman–Crippen MR) is 53.9 cm³/mol. The monoisotopic (exact) mass is 200 g/mol. The number of carbonyl (C=O) groups excluding carboxylic acids is 1. The van der Waals surface area contributed by atoms with Gasteiger partial charge in [0.05, 0.1) is 6.61 Å². The van der Waals surface area contributed by atoms with E-state index in [0.29, 0.717) is 6.61 Å². The molecule has 0 aromatic carbocycles. The summed E-state index contributed by atoms with van der Waals surface area (Å²) >= 11 is 0. The first-order valence-electron chi connectivity index (χ1n) is 4.40. The van der Waals surface area contributed by atoms with Crippen molar-refractivity contribution in [3.63, 3.8) is 0 Å². The second-order valence-electron chi connectivity index (χ2n) is 2.75. The zero-order valence-electron chi connectivity index (χ0n) is 7.56. The molecule has 0 aliphatic carbocycles. The summed E-state index contributed by atoms with van der Waals surface area (Å²) in [7, 11) is 0. The summed E-state index contributed by atoms with van der Waals surface area (Å²) in [6.07, 6.45) is 6.01. The molecule has 0 unspecified atom stereocenters. The van der Waals surface area contributed by atoms with Gasteiger partial charge >= 0.3 is 43.7 Å². The zero-order valence-corrected chi connectivity index (χ0v) is 7.56. The molecule has 0 aliphatic rings. The molecule has 0 bridgehead atoms. The Balaban J connectivity index is 0. The van der Waals surface area contributed by atoms with Gasteiger partial charge < -0.3 is 4.74 Å². The molecular formula is C9H20CaO2. The van der Waals surface area contributed by atoms with Crippen molar-refractivity contribution in [2.45, 2.75) is 46.0 Å². The van der Waals surface area contributed by atoms with Crippen LogP contribution in [0, 0.1) is 0 Å². The van der Waals surface area contributed by atoms with Gasteiger partial charge in [-0.15, -0.1) is 0 Å². The van der Waals surface area contributed by atoms with Crippen molar-refractivity contribution < 1.29 is 9.53 Å². The number of ether oxygens (including phenoxy) is 1. The molecule has 0 rings (SSSR count). The quantitative estimate of drug-likeness (QED) is 0.370. The summed E-state index contributed by atoms with van der Waals surface area (Å²) < 4.78 is 4.78. The van der Waals surface area contributed by atoms with Gasteiger partial charge in [0.1, 0.15) is 0 Å². The Morgan fingerprint density at radius 3 is 2.25 bits per heavy atom. The van der Waals surface area contributed by atoms with Crippen LogP contribution in [-0.4, -0.2) is 50.3 Å². The van der Waals surface area contributed by atoms with Crippen LogP contribution in [0.5, 0.6) is 0 Å². The van der Waals surface area contributed by atoms with Gasteiger partial charge in [0.25, 0.3) is 0 Å². The molecule has 3 heteroatoms. The molecule has 0 radical (unpaired) electrons. The summed E-state index contributed by atoms with van der Waals surface area (Å²) in [6, 6.07) is 0. The second-order valence-corrected chi connectivity index (χ2v) is 2.75. The number of hydrogen-bond acceptors (Lipinski definition) is 2. The van der Waals surface area contributed by atoms with Crippen LogP contribution in [0.2, 0.25) is 0 Å². The molecule has 0 spiro atoms. The number of rotatable bonds is 6. The Bertz CT molecular complexity index is 105. The van der Waals surface area contributed by atoms with Crippen LogP contribution < -0.4 is 0 Å². The van der Waals surface area contributed by atoms with Gasteiger partial charge in [0.2, 0.25) is 0 Å². The van der Waals surface area contributed by atoms with Crippen molar-refractivity contribution in [3.8, 4) is 0 Å². The van der Waals surface area contributed by atoms with E-state index in [1.807, 2.05) is 0 Å². The molecule has 0 aromatic rings. The summed E-state index contributed by atoms with van der Waals surface area (Å²) in [6.45, 7) is 4.23. The van der Waals surface area contributed by atoms with Gasteiger partial charge in [-0.05, 0) is 6.42 Å². The zero-order chi connectivity index (χ0) is 8.53. The minimum atomic E-state index is -0.166. The third-order valence-electron chi connectivity index (χ3n) is 1.55. The van der Waals surface area contributed by atoms with E-state index in [1.165, 1.54) is 32.6 Å². The predicted octanol–water partition coefficient (Wildman–Crippen LogP) is 1.60. The van der Waals surface area contributed by atoms with Crippen molar-refractivity contribution in [3.05, 3.63) is 0 Å². The van der Waals surface area contributed by atoms with Gasteiger partial charge in [-0.2, -0.15) is 0 Å². The average Bonchev–Trinajstić information content (AvgIpc) is 1.96. The summed E-state index contributed by atoms with van der Waals surface area (Å²) in [4.78, 5) is 10.3. The van der Waals surface area contributed by atoms with Crippen LogP contribution in [0.15, 0.2) is 0 Å². The number of unbranched alkanes of at least 4 members (excludes halogenated alkanes) is 4. The normalized spacial score (nSPS) is 8.83. The molecule has 0 saturated heterocycles. The third-order valence-corrected chi connectivity index (χ3v) is 1.55. The van der Waals surface area contributed by atoms with Gasteiger partial charge in [0, 0.05) is 6.92 Å². The fourth-order valence-corrected chi connectivity index (χ4v) is 0.922. The fraction of sp³-hybridized carbons (Fsp3) is 0.889. The molecule has 0 heterocycles. The van der Waals surface area contributed by atoms with E-state index in [2.05, 4.69) is 6.92 Å². The Morgan fingerprint density at radius 2 is 1.75 bits per heavy atom. The van der Waals surface area contributed by atoms with Crippen LogP contribution in [0.4, 0.5) is 0 Å². The summed E-state index contributed by atoms with van der Waals surface area (Å²) in [5.74, 6) is -0.166. The molecule has 12 heavy (non-hydrogen) atoms. The Morgan fingerprint density at radius 1 is 1.17 bits per heavy atom. The molecular weight excluding hydrogens is 180 g/mol. The number of hydrogen-bond donors (Lipinski definition) is 0. The van der Waals surface area contributed by atoms with E-state index in [1.54, 1.807) is 0 Å². The van der Waals surface area contributed by atoms with Gasteiger partial charge in [-0.3, -0.25) is 4.79 Å². The van der Waals surface area contributed by atoms with Crippen molar-refractivity contribution in [2.75, 3.05) is 6.61 Å².